The van der Waals surface area contributed by atoms with Crippen LogP contribution in [0, 0.1) is 5.92 Å². The van der Waals surface area contributed by atoms with Gasteiger partial charge in [-0.2, -0.15) is 0 Å². The van der Waals surface area contributed by atoms with E-state index in [0.717, 1.165) is 17.3 Å². The minimum atomic E-state index is 0.183. The van der Waals surface area contributed by atoms with Gasteiger partial charge in [-0.15, -0.1) is 0 Å². The molecule has 0 N–H and O–H groups in total. The van der Waals surface area contributed by atoms with Crippen LogP contribution in [0.2, 0.25) is 5.02 Å². The quantitative estimate of drug-likeness (QED) is 0.691. The van der Waals surface area contributed by atoms with Gasteiger partial charge in [0.05, 0.1) is 5.02 Å². The molecular formula is C13H16BrClO. The Labute approximate surface area is 110 Å². The molecule has 0 radical (unpaired) electrons. The highest BCUT2D eigenvalue weighted by Gasteiger charge is 2.13. The van der Waals surface area contributed by atoms with E-state index < -0.39 is 0 Å². The van der Waals surface area contributed by atoms with Gasteiger partial charge in [0.1, 0.15) is 0 Å². The second-order valence-corrected chi connectivity index (χ2v) is 5.20. The van der Waals surface area contributed by atoms with Crippen LogP contribution in [0.5, 0.6) is 0 Å². The summed E-state index contributed by atoms with van der Waals surface area (Å²) in [6.45, 7) is 4.24. The van der Waals surface area contributed by atoms with E-state index in [4.69, 9.17) is 11.6 Å². The van der Waals surface area contributed by atoms with Crippen LogP contribution in [-0.2, 0) is 0 Å². The average Bonchev–Trinajstić information content (AvgIpc) is 2.29. The third kappa shape index (κ3) is 3.60. The van der Waals surface area contributed by atoms with Crippen molar-refractivity contribution < 1.29 is 4.79 Å². The second-order valence-electron chi connectivity index (χ2n) is 3.94. The zero-order valence-electron chi connectivity index (χ0n) is 9.59. The molecule has 1 rings (SSSR count). The Morgan fingerprint density at radius 3 is 2.50 bits per heavy atom. The van der Waals surface area contributed by atoms with Crippen LogP contribution < -0.4 is 0 Å². The summed E-state index contributed by atoms with van der Waals surface area (Å²) in [7, 11) is 0. The second kappa shape index (κ2) is 6.41. The number of rotatable bonds is 5. The normalized spacial score (nSPS) is 10.8. The summed E-state index contributed by atoms with van der Waals surface area (Å²) in [5.74, 6) is 0.665. The Kier molecular flexibility index (Phi) is 5.50. The summed E-state index contributed by atoms with van der Waals surface area (Å²) < 4.78 is 0.827. The molecule has 0 fully saturated rings. The molecule has 0 aliphatic carbocycles. The monoisotopic (exact) mass is 302 g/mol. The number of hydrogen-bond donors (Lipinski definition) is 0. The number of halogens is 2. The van der Waals surface area contributed by atoms with Crippen LogP contribution in [0.1, 0.15) is 43.5 Å². The molecule has 0 aliphatic heterocycles. The van der Waals surface area contributed by atoms with Crippen molar-refractivity contribution in [2.24, 2.45) is 5.92 Å². The number of ketones is 1. The van der Waals surface area contributed by atoms with Crippen LogP contribution >= 0.6 is 27.5 Å². The van der Waals surface area contributed by atoms with Crippen LogP contribution in [0.3, 0.4) is 0 Å². The first-order valence-electron chi connectivity index (χ1n) is 5.56. The minimum absolute atomic E-state index is 0.183. The van der Waals surface area contributed by atoms with Crippen molar-refractivity contribution in [2.45, 2.75) is 33.1 Å². The predicted molar refractivity (Wildman–Crippen MR) is 72.2 cm³/mol. The van der Waals surface area contributed by atoms with Crippen LogP contribution in [0.25, 0.3) is 0 Å². The Morgan fingerprint density at radius 1 is 1.38 bits per heavy atom. The van der Waals surface area contributed by atoms with E-state index in [-0.39, 0.29) is 5.78 Å². The highest BCUT2D eigenvalue weighted by Crippen LogP contribution is 2.25. The van der Waals surface area contributed by atoms with Gasteiger partial charge in [-0.1, -0.05) is 44.4 Å². The Balaban J connectivity index is 2.76. The van der Waals surface area contributed by atoms with E-state index in [0.29, 0.717) is 22.9 Å². The maximum atomic E-state index is 12.0. The van der Waals surface area contributed by atoms with Crippen molar-refractivity contribution in [3.8, 4) is 0 Å². The molecule has 0 saturated carbocycles. The topological polar surface area (TPSA) is 17.1 Å². The van der Waals surface area contributed by atoms with Gasteiger partial charge in [0.25, 0.3) is 0 Å². The Hall–Kier alpha value is -0.340. The SMILES string of the molecule is CCC(CC)CC(=O)c1ccc(Br)c(Cl)c1. The Morgan fingerprint density at radius 2 is 2.00 bits per heavy atom. The molecule has 0 saturated heterocycles. The highest BCUT2D eigenvalue weighted by atomic mass is 79.9. The first kappa shape index (κ1) is 13.7. The van der Waals surface area contributed by atoms with Gasteiger partial charge < -0.3 is 0 Å². The summed E-state index contributed by atoms with van der Waals surface area (Å²) in [5, 5.41) is 0.593. The molecule has 0 unspecified atom stereocenters. The number of carbonyl (C=O) groups excluding carboxylic acids is 1. The summed E-state index contributed by atoms with van der Waals surface area (Å²) in [4.78, 5) is 12.0. The van der Waals surface area contributed by atoms with Gasteiger partial charge in [0, 0.05) is 16.5 Å². The number of hydrogen-bond acceptors (Lipinski definition) is 1. The number of Topliss-reactive ketones (excluding diaryl/α,β-unsaturated/α-hetero) is 1. The van der Waals surface area contributed by atoms with E-state index in [1.807, 2.05) is 12.1 Å². The number of carbonyl (C=O) groups is 1. The zero-order valence-corrected chi connectivity index (χ0v) is 11.9. The van der Waals surface area contributed by atoms with E-state index in [9.17, 15) is 4.79 Å². The molecule has 16 heavy (non-hydrogen) atoms. The van der Waals surface area contributed by atoms with E-state index in [1.54, 1.807) is 6.07 Å². The van der Waals surface area contributed by atoms with E-state index in [2.05, 4.69) is 29.8 Å². The third-order valence-electron chi connectivity index (χ3n) is 2.87. The summed E-state index contributed by atoms with van der Waals surface area (Å²) in [5.41, 5.74) is 0.708. The van der Waals surface area contributed by atoms with Crippen molar-refractivity contribution in [1.29, 1.82) is 0 Å². The predicted octanol–water partition coefficient (Wildman–Crippen LogP) is 5.11. The molecule has 0 aromatic heterocycles. The smallest absolute Gasteiger partial charge is 0.163 e. The van der Waals surface area contributed by atoms with Crippen LogP contribution in [-0.4, -0.2) is 5.78 Å². The maximum Gasteiger partial charge on any atom is 0.163 e. The first-order valence-corrected chi connectivity index (χ1v) is 6.73. The molecule has 0 bridgehead atoms. The fourth-order valence-corrected chi connectivity index (χ4v) is 2.05. The van der Waals surface area contributed by atoms with Crippen molar-refractivity contribution in [2.75, 3.05) is 0 Å². The molecule has 1 aromatic rings. The van der Waals surface area contributed by atoms with Crippen molar-refractivity contribution in [3.63, 3.8) is 0 Å². The molecule has 0 atom stereocenters. The molecule has 0 aliphatic rings. The zero-order chi connectivity index (χ0) is 12.1. The van der Waals surface area contributed by atoms with Gasteiger partial charge in [-0.3, -0.25) is 4.79 Å². The van der Waals surface area contributed by atoms with Crippen LogP contribution in [0.4, 0.5) is 0 Å². The van der Waals surface area contributed by atoms with Gasteiger partial charge in [-0.25, -0.2) is 0 Å². The van der Waals surface area contributed by atoms with Crippen molar-refractivity contribution in [3.05, 3.63) is 33.3 Å². The number of benzene rings is 1. The lowest BCUT2D eigenvalue weighted by Gasteiger charge is -2.11. The summed E-state index contributed by atoms with van der Waals surface area (Å²) >= 11 is 9.28. The first-order chi connectivity index (χ1) is 7.58. The molecule has 0 amide bonds. The molecule has 0 heterocycles. The van der Waals surface area contributed by atoms with Gasteiger partial charge >= 0.3 is 0 Å². The van der Waals surface area contributed by atoms with Gasteiger partial charge in [-0.05, 0) is 34.0 Å². The fourth-order valence-electron chi connectivity index (χ4n) is 1.63. The molecule has 0 spiro atoms. The molecule has 3 heteroatoms. The highest BCUT2D eigenvalue weighted by molar-refractivity contribution is 9.10. The van der Waals surface area contributed by atoms with Gasteiger partial charge in [0.15, 0.2) is 5.78 Å². The van der Waals surface area contributed by atoms with Crippen molar-refractivity contribution in [1.82, 2.24) is 0 Å². The molecule has 1 nitrogen and oxygen atoms in total. The van der Waals surface area contributed by atoms with Gasteiger partial charge in [0.2, 0.25) is 0 Å². The minimum Gasteiger partial charge on any atom is -0.294 e. The molecular weight excluding hydrogens is 287 g/mol. The lowest BCUT2D eigenvalue weighted by atomic mass is 9.94. The van der Waals surface area contributed by atoms with E-state index >= 15 is 0 Å². The molecule has 88 valence electrons. The van der Waals surface area contributed by atoms with Crippen LogP contribution in [0.15, 0.2) is 22.7 Å². The Bertz CT molecular complexity index is 372. The lowest BCUT2D eigenvalue weighted by molar-refractivity contribution is 0.0958. The largest absolute Gasteiger partial charge is 0.294 e. The summed E-state index contributed by atoms with van der Waals surface area (Å²) in [6.07, 6.45) is 2.71. The standard InChI is InChI=1S/C13H16BrClO/c1-3-9(4-2)7-13(16)10-5-6-11(14)12(15)8-10/h5-6,8-9H,3-4,7H2,1-2H3. The molecule has 1 aromatic carbocycles. The average molecular weight is 304 g/mol. The van der Waals surface area contributed by atoms with Crippen molar-refractivity contribution >= 4 is 33.3 Å². The maximum absolute atomic E-state index is 12.0. The summed E-state index contributed by atoms with van der Waals surface area (Å²) in [6, 6.07) is 5.37. The third-order valence-corrected chi connectivity index (χ3v) is 4.10. The lowest BCUT2D eigenvalue weighted by Crippen LogP contribution is -2.07. The van der Waals surface area contributed by atoms with E-state index in [1.165, 1.54) is 0 Å². The fraction of sp³-hybridized carbons (Fsp3) is 0.462.